The second-order valence-corrected chi connectivity index (χ2v) is 4.88. The van der Waals surface area contributed by atoms with E-state index in [2.05, 4.69) is 10.3 Å². The molecule has 0 aliphatic carbocycles. The fraction of sp³-hybridized carbons (Fsp3) is 0.778. The smallest absolute Gasteiger partial charge is 0.193 e. The first kappa shape index (κ1) is 14.6. The summed E-state index contributed by atoms with van der Waals surface area (Å²) < 4.78 is 0.149. The number of halogens is 1. The molecule has 0 bridgehead atoms. The van der Waals surface area contributed by atoms with Crippen LogP contribution >= 0.6 is 22.6 Å². The van der Waals surface area contributed by atoms with Gasteiger partial charge in [0.25, 0.3) is 0 Å². The summed E-state index contributed by atoms with van der Waals surface area (Å²) in [7, 11) is 0. The van der Waals surface area contributed by atoms with Gasteiger partial charge in [0.15, 0.2) is 9.75 Å². The molecule has 0 spiro atoms. The fourth-order valence-corrected chi connectivity index (χ4v) is 1.79. The monoisotopic (exact) mass is 326 g/mol. The van der Waals surface area contributed by atoms with Gasteiger partial charge in [0, 0.05) is 25.0 Å². The third-order valence-corrected chi connectivity index (χ3v) is 2.19. The third-order valence-electron chi connectivity index (χ3n) is 1.75. The first-order valence-electron chi connectivity index (χ1n) is 4.91. The second-order valence-electron chi connectivity index (χ2n) is 3.67. The second kappa shape index (κ2) is 7.86. The Hall–Kier alpha value is -0.370. The van der Waals surface area contributed by atoms with Crippen molar-refractivity contribution in [1.82, 2.24) is 5.32 Å². The Morgan fingerprint density at radius 2 is 2.07 bits per heavy atom. The lowest BCUT2D eigenvalue weighted by Crippen LogP contribution is -2.36. The minimum atomic E-state index is 0.0964. The van der Waals surface area contributed by atoms with E-state index in [-0.39, 0.29) is 15.8 Å². The van der Waals surface area contributed by atoms with Crippen molar-refractivity contribution in [2.45, 2.75) is 38.8 Å². The molecule has 1 unspecified atom stereocenters. The van der Waals surface area contributed by atoms with Crippen molar-refractivity contribution in [2.24, 2.45) is 16.5 Å². The number of aliphatic imine (C=N–C) groups is 1. The number of hydrogen-bond donors (Lipinski definition) is 3. The highest BCUT2D eigenvalue weighted by Gasteiger charge is 2.12. The summed E-state index contributed by atoms with van der Waals surface area (Å²) in [5.74, 6) is 0.0964. The van der Waals surface area contributed by atoms with Crippen molar-refractivity contribution >= 4 is 32.3 Å². The Bertz CT molecular complexity index is 226. The summed E-state index contributed by atoms with van der Waals surface area (Å²) >= 11 is 1.81. The Balaban J connectivity index is 4.00. The Morgan fingerprint density at radius 3 is 2.47 bits per heavy atom. The summed E-state index contributed by atoms with van der Waals surface area (Å²) in [5, 5.41) is 3.31. The van der Waals surface area contributed by atoms with Gasteiger partial charge in [-0.15, -0.1) is 0 Å². The Labute approximate surface area is 104 Å². The van der Waals surface area contributed by atoms with Crippen LogP contribution in [0.3, 0.4) is 0 Å². The van der Waals surface area contributed by atoms with Crippen LogP contribution in [0.1, 0.15) is 26.7 Å². The maximum atomic E-state index is 11.0. The molecule has 0 saturated heterocycles. The van der Waals surface area contributed by atoms with Gasteiger partial charge in [0.2, 0.25) is 0 Å². The van der Waals surface area contributed by atoms with Crippen LogP contribution in [0.25, 0.3) is 0 Å². The average molecular weight is 326 g/mol. The zero-order valence-electron chi connectivity index (χ0n) is 9.16. The molecule has 0 radical (unpaired) electrons. The van der Waals surface area contributed by atoms with E-state index in [0.717, 1.165) is 6.42 Å². The van der Waals surface area contributed by atoms with E-state index in [4.69, 9.17) is 11.5 Å². The average Bonchev–Trinajstić information content (AvgIpc) is 2.00. The van der Waals surface area contributed by atoms with Crippen LogP contribution < -0.4 is 16.8 Å². The van der Waals surface area contributed by atoms with Crippen LogP contribution in [-0.4, -0.2) is 28.4 Å². The van der Waals surface area contributed by atoms with E-state index in [1.165, 1.54) is 0 Å². The van der Waals surface area contributed by atoms with E-state index < -0.39 is 0 Å². The normalized spacial score (nSPS) is 12.5. The molecule has 1 atom stereocenters. The fourth-order valence-electron chi connectivity index (χ4n) is 1.26. The topological polar surface area (TPSA) is 93.5 Å². The molecule has 0 aromatic carbocycles. The summed E-state index contributed by atoms with van der Waals surface area (Å²) in [6.07, 6.45) is 1.28. The minimum Gasteiger partial charge on any atom is -0.370 e. The van der Waals surface area contributed by atoms with Crippen molar-refractivity contribution in [3.05, 3.63) is 0 Å². The lowest BCUT2D eigenvalue weighted by molar-refractivity contribution is -0.109. The molecule has 15 heavy (non-hydrogen) atoms. The van der Waals surface area contributed by atoms with Gasteiger partial charge in [-0.1, -0.05) is 13.8 Å². The van der Waals surface area contributed by atoms with Crippen LogP contribution in [0.5, 0.6) is 0 Å². The highest BCUT2D eigenvalue weighted by atomic mass is 127. The number of hydrogen-bond acceptors (Lipinski definition) is 3. The molecule has 0 saturated carbocycles. The van der Waals surface area contributed by atoms with Gasteiger partial charge in [0.1, 0.15) is 0 Å². The molecular weight excluding hydrogens is 307 g/mol. The van der Waals surface area contributed by atoms with Gasteiger partial charge in [-0.25, -0.2) is 0 Å². The molecule has 5 nitrogen and oxygen atoms in total. The third kappa shape index (κ3) is 9.92. The SMILES string of the molecule is CC(C)NC(CCN=C(N)N)CC(=O)I. The number of nitrogens with zero attached hydrogens (tertiary/aromatic N) is 1. The summed E-state index contributed by atoms with van der Waals surface area (Å²) in [6, 6.07) is 0.502. The van der Waals surface area contributed by atoms with Crippen LogP contribution in [0, 0.1) is 0 Å². The van der Waals surface area contributed by atoms with E-state index >= 15 is 0 Å². The van der Waals surface area contributed by atoms with E-state index in [1.807, 2.05) is 13.8 Å². The zero-order valence-corrected chi connectivity index (χ0v) is 11.3. The number of nitrogens with one attached hydrogen (secondary N) is 1. The quantitative estimate of drug-likeness (QED) is 0.273. The molecular formula is C9H19IN4O. The highest BCUT2D eigenvalue weighted by Crippen LogP contribution is 2.05. The van der Waals surface area contributed by atoms with Crippen LogP contribution in [0.4, 0.5) is 0 Å². The maximum Gasteiger partial charge on any atom is 0.193 e. The van der Waals surface area contributed by atoms with E-state index in [9.17, 15) is 4.79 Å². The van der Waals surface area contributed by atoms with Crippen molar-refractivity contribution in [2.75, 3.05) is 6.54 Å². The van der Waals surface area contributed by atoms with Gasteiger partial charge in [-0.2, -0.15) is 0 Å². The predicted octanol–water partition coefficient (Wildman–Crippen LogP) is 0.368. The molecule has 0 heterocycles. The van der Waals surface area contributed by atoms with E-state index in [0.29, 0.717) is 19.0 Å². The lowest BCUT2D eigenvalue weighted by atomic mass is 10.1. The molecule has 0 fully saturated rings. The summed E-state index contributed by atoms with van der Waals surface area (Å²) in [4.78, 5) is 14.9. The van der Waals surface area contributed by atoms with Crippen LogP contribution in [0.15, 0.2) is 4.99 Å². The van der Waals surface area contributed by atoms with Gasteiger partial charge >= 0.3 is 0 Å². The van der Waals surface area contributed by atoms with Crippen LogP contribution in [-0.2, 0) is 4.79 Å². The molecule has 6 heteroatoms. The molecule has 0 aliphatic heterocycles. The molecule has 0 aliphatic rings. The summed E-state index contributed by atoms with van der Waals surface area (Å²) in [6.45, 7) is 4.65. The van der Waals surface area contributed by atoms with Crippen molar-refractivity contribution in [1.29, 1.82) is 0 Å². The largest absolute Gasteiger partial charge is 0.370 e. The molecule has 5 N–H and O–H groups in total. The zero-order chi connectivity index (χ0) is 11.8. The van der Waals surface area contributed by atoms with Crippen molar-refractivity contribution < 1.29 is 4.79 Å². The minimum absolute atomic E-state index is 0.0964. The molecule has 0 aromatic heterocycles. The molecule has 0 aromatic rings. The van der Waals surface area contributed by atoms with Crippen molar-refractivity contribution in [3.63, 3.8) is 0 Å². The summed E-state index contributed by atoms with van der Waals surface area (Å²) in [5.41, 5.74) is 10.4. The number of nitrogens with two attached hydrogens (primary N) is 2. The predicted molar refractivity (Wildman–Crippen MR) is 71.0 cm³/mol. The Kier molecular flexibility index (Phi) is 7.67. The number of carbonyl (C=O) groups is 1. The lowest BCUT2D eigenvalue weighted by Gasteiger charge is -2.18. The Morgan fingerprint density at radius 1 is 1.47 bits per heavy atom. The van der Waals surface area contributed by atoms with E-state index in [1.54, 1.807) is 22.6 Å². The van der Waals surface area contributed by atoms with Gasteiger partial charge < -0.3 is 16.8 Å². The number of guanidine groups is 1. The van der Waals surface area contributed by atoms with Crippen molar-refractivity contribution in [3.8, 4) is 0 Å². The standard InChI is InChI=1S/C9H19IN4O/c1-6(2)14-7(5-8(10)15)3-4-13-9(11)12/h6-7,14H,3-5H2,1-2H3,(H4,11,12,13). The number of carbonyl (C=O) groups excluding carboxylic acids is 1. The van der Waals surface area contributed by atoms with Gasteiger partial charge in [-0.05, 0) is 29.0 Å². The highest BCUT2D eigenvalue weighted by molar-refractivity contribution is 14.1. The first-order valence-corrected chi connectivity index (χ1v) is 5.99. The first-order chi connectivity index (χ1) is 6.91. The maximum absolute atomic E-state index is 11.0. The number of rotatable bonds is 7. The van der Waals surface area contributed by atoms with Gasteiger partial charge in [0.05, 0.1) is 0 Å². The van der Waals surface area contributed by atoms with Gasteiger partial charge in [-0.3, -0.25) is 9.79 Å². The molecule has 0 amide bonds. The van der Waals surface area contributed by atoms with Crippen LogP contribution in [0.2, 0.25) is 0 Å². The molecule has 0 rings (SSSR count). The molecule has 88 valence electrons.